The topological polar surface area (TPSA) is 107 Å². The van der Waals surface area contributed by atoms with Crippen LogP contribution >= 0.6 is 0 Å². The number of carbonyl (C=O) groups is 1. The number of aromatic nitrogens is 4. The van der Waals surface area contributed by atoms with Crippen molar-refractivity contribution in [2.45, 2.75) is 58.0 Å². The van der Waals surface area contributed by atoms with Gasteiger partial charge in [0.05, 0.1) is 30.9 Å². The first-order valence-corrected chi connectivity index (χ1v) is 16.8. The Morgan fingerprint density at radius 2 is 1.61 bits per heavy atom. The molecule has 258 valence electrons. The summed E-state index contributed by atoms with van der Waals surface area (Å²) in [4.78, 5) is 26.5. The lowest BCUT2D eigenvalue weighted by Gasteiger charge is -2.34. The van der Waals surface area contributed by atoms with Gasteiger partial charge in [0.1, 0.15) is 41.6 Å². The summed E-state index contributed by atoms with van der Waals surface area (Å²) < 4.78 is 30.4. The average molecular weight is 683 g/mol. The molecule has 10 nitrogen and oxygen atoms in total. The van der Waals surface area contributed by atoms with E-state index in [1.807, 2.05) is 93.6 Å². The molecule has 2 aromatic carbocycles. The van der Waals surface area contributed by atoms with Gasteiger partial charge in [0.15, 0.2) is 0 Å². The molecule has 1 saturated carbocycles. The number of rotatable bonds is 9. The number of ether oxygens (including phenoxy) is 5. The minimum absolute atomic E-state index is 0.0128. The molecule has 4 aromatic heterocycles. The van der Waals surface area contributed by atoms with Crippen molar-refractivity contribution in [3.05, 3.63) is 109 Å². The highest BCUT2D eigenvalue weighted by Crippen LogP contribution is 2.34. The second kappa shape index (κ2) is 14.5. The molecule has 0 bridgehead atoms. The number of methoxy groups -OCH3 is 1. The summed E-state index contributed by atoms with van der Waals surface area (Å²) in [7, 11) is 1.65. The van der Waals surface area contributed by atoms with Gasteiger partial charge in [0.25, 0.3) is 0 Å². The van der Waals surface area contributed by atoms with E-state index >= 15 is 0 Å². The van der Waals surface area contributed by atoms with Gasteiger partial charge in [-0.15, -0.1) is 0 Å². The van der Waals surface area contributed by atoms with Crippen molar-refractivity contribution < 1.29 is 28.5 Å². The molecule has 0 N–H and O–H groups in total. The fourth-order valence-corrected chi connectivity index (χ4v) is 5.83. The van der Waals surface area contributed by atoms with Crippen molar-refractivity contribution in [2.24, 2.45) is 0 Å². The summed E-state index contributed by atoms with van der Waals surface area (Å²) in [6, 6.07) is 23.2. The maximum Gasteiger partial charge on any atom is 0.419 e. The van der Waals surface area contributed by atoms with E-state index < -0.39 is 11.7 Å². The predicted octanol–water partition coefficient (Wildman–Crippen LogP) is 8.00. The van der Waals surface area contributed by atoms with E-state index in [1.54, 1.807) is 36.5 Å². The van der Waals surface area contributed by atoms with Gasteiger partial charge in [-0.3, -0.25) is 4.98 Å². The van der Waals surface area contributed by atoms with Crippen molar-refractivity contribution in [2.75, 3.05) is 13.7 Å². The van der Waals surface area contributed by atoms with E-state index in [-0.39, 0.29) is 12.2 Å². The lowest BCUT2D eigenvalue weighted by Crippen LogP contribution is -2.41. The number of pyridine rings is 3. The third kappa shape index (κ3) is 7.95. The third-order valence-corrected chi connectivity index (χ3v) is 8.41. The molecule has 4 heterocycles. The van der Waals surface area contributed by atoms with Crippen LogP contribution in [0.5, 0.6) is 17.4 Å². The third-order valence-electron chi connectivity index (χ3n) is 8.41. The highest BCUT2D eigenvalue weighted by molar-refractivity contribution is 6.13. The van der Waals surface area contributed by atoms with Crippen LogP contribution in [-0.2, 0) is 16.1 Å². The minimum Gasteiger partial charge on any atom is -0.497 e. The van der Waals surface area contributed by atoms with Crippen LogP contribution in [0.25, 0.3) is 32.9 Å². The van der Waals surface area contributed by atoms with Gasteiger partial charge in [-0.25, -0.2) is 19.3 Å². The van der Waals surface area contributed by atoms with Gasteiger partial charge in [0, 0.05) is 53.8 Å². The van der Waals surface area contributed by atoms with E-state index in [0.717, 1.165) is 57.1 Å². The number of hydrogen-bond acceptors (Lipinski definition) is 9. The van der Waals surface area contributed by atoms with Crippen molar-refractivity contribution >= 4 is 27.9 Å². The monoisotopic (exact) mass is 682 g/mol. The Kier molecular flexibility index (Phi) is 9.55. The Morgan fingerprint density at radius 3 is 2.33 bits per heavy atom. The fraction of sp³-hybridized carbons (Fsp3) is 0.268. The van der Waals surface area contributed by atoms with Gasteiger partial charge >= 0.3 is 6.09 Å². The standard InChI is InChI=1S/C41H38N4O6/c1-41(2,3)51-40(46)45-37-17-18-42-25-36(37)35-15-9-28(20-38(35)45)29-10-16-39(44-23-29)50-34-21-33(22-34)49-32-14-11-30(43-24-32)6-5-19-48-26-27-7-12-31(47-4)13-8-27/h7-18,20,23-25,33-34H,19,21-22,26H2,1-4H3. The maximum absolute atomic E-state index is 13.3. The molecule has 0 spiro atoms. The smallest absolute Gasteiger partial charge is 0.419 e. The van der Waals surface area contributed by atoms with E-state index in [9.17, 15) is 4.79 Å². The summed E-state index contributed by atoms with van der Waals surface area (Å²) >= 11 is 0. The van der Waals surface area contributed by atoms with E-state index in [4.69, 9.17) is 23.7 Å². The molecule has 51 heavy (non-hydrogen) atoms. The first kappa shape index (κ1) is 33.6. The van der Waals surface area contributed by atoms with Crippen LogP contribution in [0.2, 0.25) is 0 Å². The number of benzene rings is 2. The van der Waals surface area contributed by atoms with E-state index in [1.165, 1.54) is 0 Å². The van der Waals surface area contributed by atoms with Crippen LogP contribution in [0.1, 0.15) is 44.9 Å². The molecule has 10 heteroatoms. The van der Waals surface area contributed by atoms with Crippen molar-refractivity contribution in [3.8, 4) is 40.3 Å². The number of nitrogens with zero attached hydrogens (tertiary/aromatic N) is 4. The number of fused-ring (bicyclic) bond motifs is 3. The van der Waals surface area contributed by atoms with Gasteiger partial charge in [0.2, 0.25) is 5.88 Å². The van der Waals surface area contributed by atoms with E-state index in [2.05, 4.69) is 26.8 Å². The van der Waals surface area contributed by atoms with Gasteiger partial charge < -0.3 is 23.7 Å². The molecule has 6 aromatic rings. The highest BCUT2D eigenvalue weighted by Gasteiger charge is 2.33. The normalized spacial score (nSPS) is 15.5. The summed E-state index contributed by atoms with van der Waals surface area (Å²) in [6.07, 6.45) is 8.04. The molecule has 1 fully saturated rings. The highest BCUT2D eigenvalue weighted by atomic mass is 16.6. The Bertz CT molecular complexity index is 2210. The average Bonchev–Trinajstić information content (AvgIpc) is 3.45. The SMILES string of the molecule is COc1ccc(COCC#Cc2ccc(OC3CC(Oc4ccc(-c5ccc6c7cnccc7n(C(=O)OC(C)(C)C)c6c5)cn4)C3)cn2)cc1. The molecule has 7 rings (SSSR count). The first-order chi connectivity index (χ1) is 24.7. The van der Waals surface area contributed by atoms with Crippen LogP contribution in [-0.4, -0.2) is 57.1 Å². The van der Waals surface area contributed by atoms with Crippen molar-refractivity contribution in [3.63, 3.8) is 0 Å². The van der Waals surface area contributed by atoms with Gasteiger partial charge in [-0.2, -0.15) is 0 Å². The zero-order valence-electron chi connectivity index (χ0n) is 29.0. The molecule has 0 amide bonds. The summed E-state index contributed by atoms with van der Waals surface area (Å²) in [6.45, 7) is 6.36. The molecule has 0 atom stereocenters. The van der Waals surface area contributed by atoms with Crippen molar-refractivity contribution in [1.82, 2.24) is 19.5 Å². The zero-order chi connectivity index (χ0) is 35.4. The van der Waals surface area contributed by atoms with E-state index in [0.29, 0.717) is 30.5 Å². The molecular weight excluding hydrogens is 644 g/mol. The van der Waals surface area contributed by atoms with Crippen LogP contribution in [0.4, 0.5) is 4.79 Å². The molecule has 1 aliphatic rings. The fourth-order valence-electron chi connectivity index (χ4n) is 5.83. The van der Waals surface area contributed by atoms with Crippen LogP contribution in [0, 0.1) is 11.8 Å². The Morgan fingerprint density at radius 1 is 0.824 bits per heavy atom. The Labute approximate surface area is 296 Å². The Balaban J connectivity index is 0.906. The molecule has 0 radical (unpaired) electrons. The predicted molar refractivity (Wildman–Crippen MR) is 194 cm³/mol. The second-order valence-electron chi connectivity index (χ2n) is 13.3. The summed E-state index contributed by atoms with van der Waals surface area (Å²) in [5.41, 5.74) is 4.39. The second-order valence-corrected chi connectivity index (χ2v) is 13.3. The molecule has 0 unspecified atom stereocenters. The molecular formula is C41H38N4O6. The zero-order valence-corrected chi connectivity index (χ0v) is 29.0. The van der Waals surface area contributed by atoms with Crippen LogP contribution in [0.3, 0.4) is 0 Å². The van der Waals surface area contributed by atoms with Gasteiger partial charge in [-0.05, 0) is 80.3 Å². The Hall–Kier alpha value is -5.92. The van der Waals surface area contributed by atoms with Gasteiger partial charge in [-0.1, -0.05) is 30.2 Å². The lowest BCUT2D eigenvalue weighted by molar-refractivity contribution is 0.00208. The van der Waals surface area contributed by atoms with Crippen LogP contribution in [0.15, 0.2) is 97.6 Å². The number of hydrogen-bond donors (Lipinski definition) is 0. The molecule has 0 saturated heterocycles. The quantitative estimate of drug-likeness (QED) is 0.111. The minimum atomic E-state index is -0.633. The lowest BCUT2D eigenvalue weighted by atomic mass is 9.92. The first-order valence-electron chi connectivity index (χ1n) is 16.8. The maximum atomic E-state index is 13.3. The number of carbonyl (C=O) groups excluding carboxylic acids is 1. The largest absolute Gasteiger partial charge is 0.497 e. The molecule has 1 aliphatic carbocycles. The summed E-state index contributed by atoms with van der Waals surface area (Å²) in [5, 5.41) is 1.81. The van der Waals surface area contributed by atoms with Crippen molar-refractivity contribution in [1.29, 1.82) is 0 Å². The van der Waals surface area contributed by atoms with Crippen LogP contribution < -0.4 is 14.2 Å². The molecule has 0 aliphatic heterocycles. The summed E-state index contributed by atoms with van der Waals surface area (Å²) in [5.74, 6) is 8.09.